The molecule has 2 aliphatic rings. The monoisotopic (exact) mass is 320 g/mol. The number of carbonyl (C=O) groups excluding carboxylic acids is 1. The van der Waals surface area contributed by atoms with Gasteiger partial charge in [0.15, 0.2) is 0 Å². The summed E-state index contributed by atoms with van der Waals surface area (Å²) < 4.78 is 29.9. The molecule has 0 saturated carbocycles. The van der Waals surface area contributed by atoms with Gasteiger partial charge >= 0.3 is 0 Å². The SMILES string of the molecule is CC1CN(C(=O)C2CCN(S(C)(=O)=O)CC2)CC(CO)O1. The zero-order valence-corrected chi connectivity index (χ0v) is 13.4. The number of ether oxygens (including phenoxy) is 1. The van der Waals surface area contributed by atoms with Gasteiger partial charge in [-0.2, -0.15) is 0 Å². The molecule has 0 radical (unpaired) electrons. The zero-order valence-electron chi connectivity index (χ0n) is 12.6. The zero-order chi connectivity index (χ0) is 15.6. The van der Waals surface area contributed by atoms with E-state index < -0.39 is 10.0 Å². The Morgan fingerprint density at radius 2 is 1.90 bits per heavy atom. The molecule has 122 valence electrons. The Morgan fingerprint density at radius 3 is 2.43 bits per heavy atom. The van der Waals surface area contributed by atoms with Crippen LogP contribution in [0, 0.1) is 5.92 Å². The minimum Gasteiger partial charge on any atom is -0.394 e. The lowest BCUT2D eigenvalue weighted by Crippen LogP contribution is -2.53. The molecule has 2 heterocycles. The number of amides is 1. The first kappa shape index (κ1) is 16.7. The van der Waals surface area contributed by atoms with Gasteiger partial charge < -0.3 is 14.7 Å². The highest BCUT2D eigenvalue weighted by molar-refractivity contribution is 7.88. The molecule has 0 aromatic carbocycles. The van der Waals surface area contributed by atoms with Gasteiger partial charge in [0.1, 0.15) is 0 Å². The summed E-state index contributed by atoms with van der Waals surface area (Å²) in [5.74, 6) is -0.0793. The fourth-order valence-electron chi connectivity index (χ4n) is 3.02. The van der Waals surface area contributed by atoms with Crippen LogP contribution in [-0.4, -0.2) is 79.9 Å². The van der Waals surface area contributed by atoms with Gasteiger partial charge in [0.2, 0.25) is 15.9 Å². The average molecular weight is 320 g/mol. The standard InChI is InChI=1S/C13H24N2O5S/c1-10-7-14(8-12(9-16)20-10)13(17)11-3-5-15(6-4-11)21(2,18)19/h10-12,16H,3-9H2,1-2H3. The molecule has 2 unspecified atom stereocenters. The van der Waals surface area contributed by atoms with E-state index in [2.05, 4.69) is 0 Å². The quantitative estimate of drug-likeness (QED) is 0.740. The lowest BCUT2D eigenvalue weighted by Gasteiger charge is -2.39. The molecule has 1 amide bonds. The molecule has 2 aliphatic heterocycles. The molecule has 0 aromatic rings. The summed E-state index contributed by atoms with van der Waals surface area (Å²) in [6, 6.07) is 0. The van der Waals surface area contributed by atoms with Gasteiger partial charge in [0, 0.05) is 32.1 Å². The lowest BCUT2D eigenvalue weighted by atomic mass is 9.96. The van der Waals surface area contributed by atoms with Crippen LogP contribution in [0.2, 0.25) is 0 Å². The second-order valence-corrected chi connectivity index (χ2v) is 7.91. The van der Waals surface area contributed by atoms with Crippen LogP contribution in [0.5, 0.6) is 0 Å². The summed E-state index contributed by atoms with van der Waals surface area (Å²) in [6.45, 7) is 3.53. The van der Waals surface area contributed by atoms with Gasteiger partial charge in [-0.25, -0.2) is 12.7 Å². The van der Waals surface area contributed by atoms with E-state index in [1.54, 1.807) is 4.90 Å². The van der Waals surface area contributed by atoms with Gasteiger partial charge in [-0.1, -0.05) is 0 Å². The number of aliphatic hydroxyl groups excluding tert-OH is 1. The number of morpholine rings is 1. The van der Waals surface area contributed by atoms with Crippen LogP contribution in [0.25, 0.3) is 0 Å². The Morgan fingerprint density at radius 1 is 1.29 bits per heavy atom. The Hall–Kier alpha value is -0.700. The first-order chi connectivity index (χ1) is 9.81. The maximum Gasteiger partial charge on any atom is 0.225 e. The van der Waals surface area contributed by atoms with Crippen molar-refractivity contribution in [2.45, 2.75) is 32.0 Å². The Balaban J connectivity index is 1.92. The molecule has 1 N–H and O–H groups in total. The smallest absolute Gasteiger partial charge is 0.225 e. The van der Waals surface area contributed by atoms with Crippen LogP contribution in [-0.2, 0) is 19.6 Å². The minimum absolute atomic E-state index is 0.0525. The van der Waals surface area contributed by atoms with E-state index in [9.17, 15) is 18.3 Å². The summed E-state index contributed by atoms with van der Waals surface area (Å²) in [6.07, 6.45) is 1.90. The van der Waals surface area contributed by atoms with E-state index in [1.165, 1.54) is 10.6 Å². The summed E-state index contributed by atoms with van der Waals surface area (Å²) in [5, 5.41) is 9.21. The molecular weight excluding hydrogens is 296 g/mol. The van der Waals surface area contributed by atoms with Crippen molar-refractivity contribution in [1.29, 1.82) is 0 Å². The van der Waals surface area contributed by atoms with Crippen molar-refractivity contribution in [3.63, 3.8) is 0 Å². The molecule has 2 saturated heterocycles. The van der Waals surface area contributed by atoms with Crippen LogP contribution in [0.1, 0.15) is 19.8 Å². The fourth-order valence-corrected chi connectivity index (χ4v) is 3.89. The van der Waals surface area contributed by atoms with E-state index in [1.807, 2.05) is 6.92 Å². The van der Waals surface area contributed by atoms with Crippen LogP contribution in [0.4, 0.5) is 0 Å². The van der Waals surface area contributed by atoms with E-state index in [4.69, 9.17) is 4.74 Å². The highest BCUT2D eigenvalue weighted by Gasteiger charge is 2.34. The highest BCUT2D eigenvalue weighted by Crippen LogP contribution is 2.23. The molecular formula is C13H24N2O5S. The van der Waals surface area contributed by atoms with Gasteiger partial charge in [-0.05, 0) is 19.8 Å². The maximum atomic E-state index is 12.5. The summed E-state index contributed by atoms with van der Waals surface area (Å²) >= 11 is 0. The van der Waals surface area contributed by atoms with E-state index in [0.29, 0.717) is 39.0 Å². The molecule has 2 atom stereocenters. The predicted molar refractivity (Wildman–Crippen MR) is 77.1 cm³/mol. The van der Waals surface area contributed by atoms with Gasteiger partial charge in [-0.3, -0.25) is 4.79 Å². The third-order valence-electron chi connectivity index (χ3n) is 4.11. The van der Waals surface area contributed by atoms with Crippen LogP contribution < -0.4 is 0 Å². The third kappa shape index (κ3) is 4.15. The second kappa shape index (κ2) is 6.60. The minimum atomic E-state index is -3.17. The number of aliphatic hydroxyl groups is 1. The molecule has 8 heteroatoms. The van der Waals surface area contributed by atoms with Crippen molar-refractivity contribution in [2.24, 2.45) is 5.92 Å². The van der Waals surface area contributed by atoms with Crippen molar-refractivity contribution < 1.29 is 23.1 Å². The van der Waals surface area contributed by atoms with Crippen LogP contribution in [0.15, 0.2) is 0 Å². The third-order valence-corrected chi connectivity index (χ3v) is 5.42. The largest absolute Gasteiger partial charge is 0.394 e. The number of rotatable bonds is 3. The normalized spacial score (nSPS) is 29.6. The summed E-state index contributed by atoms with van der Waals surface area (Å²) in [4.78, 5) is 14.3. The topological polar surface area (TPSA) is 87.2 Å². The fraction of sp³-hybridized carbons (Fsp3) is 0.923. The first-order valence-corrected chi connectivity index (χ1v) is 9.16. The molecule has 2 rings (SSSR count). The second-order valence-electron chi connectivity index (χ2n) is 5.93. The number of nitrogens with zero attached hydrogens (tertiary/aromatic N) is 2. The molecule has 2 fully saturated rings. The molecule has 7 nitrogen and oxygen atoms in total. The molecule has 0 bridgehead atoms. The number of piperidine rings is 1. The van der Waals surface area contributed by atoms with E-state index in [-0.39, 0.29) is 30.6 Å². The van der Waals surface area contributed by atoms with Crippen molar-refractivity contribution in [3.05, 3.63) is 0 Å². The van der Waals surface area contributed by atoms with Crippen LogP contribution in [0.3, 0.4) is 0 Å². The van der Waals surface area contributed by atoms with Crippen molar-refractivity contribution >= 4 is 15.9 Å². The summed E-state index contributed by atoms with van der Waals surface area (Å²) in [7, 11) is -3.17. The van der Waals surface area contributed by atoms with E-state index in [0.717, 1.165) is 0 Å². The lowest BCUT2D eigenvalue weighted by molar-refractivity contribution is -0.152. The number of hydrogen-bond acceptors (Lipinski definition) is 5. The van der Waals surface area contributed by atoms with Gasteiger partial charge in [-0.15, -0.1) is 0 Å². The predicted octanol–water partition coefficient (Wildman–Crippen LogP) is -0.734. The molecule has 0 aliphatic carbocycles. The van der Waals surface area contributed by atoms with Crippen LogP contribution >= 0.6 is 0 Å². The molecule has 0 spiro atoms. The summed E-state index contributed by atoms with van der Waals surface area (Å²) in [5.41, 5.74) is 0. The Kier molecular flexibility index (Phi) is 5.24. The maximum absolute atomic E-state index is 12.5. The first-order valence-electron chi connectivity index (χ1n) is 7.31. The van der Waals surface area contributed by atoms with Crippen molar-refractivity contribution in [2.75, 3.05) is 39.0 Å². The van der Waals surface area contributed by atoms with Crippen molar-refractivity contribution in [3.8, 4) is 0 Å². The number of sulfonamides is 1. The van der Waals surface area contributed by atoms with Gasteiger partial charge in [0.05, 0.1) is 25.1 Å². The highest BCUT2D eigenvalue weighted by atomic mass is 32.2. The molecule has 0 aromatic heterocycles. The average Bonchev–Trinajstić information content (AvgIpc) is 2.45. The Labute approximate surface area is 125 Å². The van der Waals surface area contributed by atoms with Crippen molar-refractivity contribution in [1.82, 2.24) is 9.21 Å². The number of carbonyl (C=O) groups is 1. The van der Waals surface area contributed by atoms with E-state index >= 15 is 0 Å². The van der Waals surface area contributed by atoms with Gasteiger partial charge in [0.25, 0.3) is 0 Å². The molecule has 21 heavy (non-hydrogen) atoms. The Bertz CT molecular complexity index is 473. The number of hydrogen-bond donors (Lipinski definition) is 1.